The average molecular weight is 239 g/mol. The van der Waals surface area contributed by atoms with Crippen molar-refractivity contribution in [2.75, 3.05) is 4.72 Å². The predicted octanol–water partition coefficient (Wildman–Crippen LogP) is 1.43. The first-order valence-corrected chi connectivity index (χ1v) is 6.37. The largest absolute Gasteiger partial charge is 0.281 e. The van der Waals surface area contributed by atoms with Crippen molar-refractivity contribution in [1.29, 1.82) is 5.26 Å². The Morgan fingerprint density at radius 1 is 1.56 bits per heavy atom. The van der Waals surface area contributed by atoms with Crippen molar-refractivity contribution in [3.05, 3.63) is 24.0 Å². The summed E-state index contributed by atoms with van der Waals surface area (Å²) in [4.78, 5) is 3.87. The van der Waals surface area contributed by atoms with E-state index in [2.05, 4.69) is 9.71 Å². The number of rotatable bonds is 4. The molecule has 1 unspecified atom stereocenters. The summed E-state index contributed by atoms with van der Waals surface area (Å²) in [6.07, 6.45) is 3.29. The number of nitrogens with zero attached hydrogens (tertiary/aromatic N) is 2. The van der Waals surface area contributed by atoms with Crippen LogP contribution in [0.3, 0.4) is 0 Å². The highest BCUT2D eigenvalue weighted by molar-refractivity contribution is 7.93. The van der Waals surface area contributed by atoms with E-state index in [4.69, 9.17) is 5.26 Å². The van der Waals surface area contributed by atoms with Gasteiger partial charge in [0, 0.05) is 6.20 Å². The fraction of sp³-hybridized carbons (Fsp3) is 0.400. The second-order valence-corrected chi connectivity index (χ2v) is 5.29. The first kappa shape index (κ1) is 12.5. The third kappa shape index (κ3) is 2.94. The first-order valence-electron chi connectivity index (χ1n) is 4.82. The second kappa shape index (κ2) is 4.94. The Morgan fingerprint density at radius 3 is 2.75 bits per heavy atom. The molecule has 0 radical (unpaired) electrons. The quantitative estimate of drug-likeness (QED) is 0.861. The van der Waals surface area contributed by atoms with Crippen molar-refractivity contribution in [3.63, 3.8) is 0 Å². The average Bonchev–Trinajstić information content (AvgIpc) is 2.18. The van der Waals surface area contributed by atoms with Gasteiger partial charge in [-0.15, -0.1) is 0 Å². The lowest BCUT2D eigenvalue weighted by Gasteiger charge is -2.10. The van der Waals surface area contributed by atoms with E-state index in [0.29, 0.717) is 5.69 Å². The van der Waals surface area contributed by atoms with Crippen LogP contribution in [0.25, 0.3) is 0 Å². The zero-order valence-electron chi connectivity index (χ0n) is 9.14. The molecule has 0 aliphatic rings. The first-order chi connectivity index (χ1) is 7.49. The molecule has 0 aromatic carbocycles. The van der Waals surface area contributed by atoms with Crippen LogP contribution >= 0.6 is 0 Å². The number of hydrogen-bond acceptors (Lipinski definition) is 4. The molecule has 1 aromatic rings. The van der Waals surface area contributed by atoms with Gasteiger partial charge in [-0.2, -0.15) is 5.26 Å². The zero-order chi connectivity index (χ0) is 12.2. The lowest BCUT2D eigenvalue weighted by atomic mass is 10.3. The minimum Gasteiger partial charge on any atom is -0.281 e. The molecule has 16 heavy (non-hydrogen) atoms. The Kier molecular flexibility index (Phi) is 3.85. The van der Waals surface area contributed by atoms with E-state index >= 15 is 0 Å². The topological polar surface area (TPSA) is 82.8 Å². The van der Waals surface area contributed by atoms with Gasteiger partial charge in [-0.1, -0.05) is 6.92 Å². The Labute approximate surface area is 95.2 Å². The van der Waals surface area contributed by atoms with Crippen molar-refractivity contribution in [2.45, 2.75) is 25.5 Å². The smallest absolute Gasteiger partial charge is 0.249 e. The van der Waals surface area contributed by atoms with Crippen LogP contribution in [0.2, 0.25) is 0 Å². The molecule has 1 N–H and O–H groups in total. The molecule has 0 saturated carbocycles. The third-order valence-corrected chi connectivity index (χ3v) is 3.73. The number of nitriles is 1. The van der Waals surface area contributed by atoms with Gasteiger partial charge in [0.25, 0.3) is 0 Å². The Hall–Kier alpha value is -1.61. The molecule has 6 heteroatoms. The summed E-state index contributed by atoms with van der Waals surface area (Å²) >= 11 is 0. The van der Waals surface area contributed by atoms with E-state index in [9.17, 15) is 8.42 Å². The normalized spacial score (nSPS) is 12.8. The van der Waals surface area contributed by atoms with E-state index in [1.165, 1.54) is 6.20 Å². The molecule has 1 aromatic heterocycles. The van der Waals surface area contributed by atoms with Crippen LogP contribution in [-0.2, 0) is 10.0 Å². The molecule has 0 amide bonds. The van der Waals surface area contributed by atoms with E-state index in [0.717, 1.165) is 5.56 Å². The van der Waals surface area contributed by atoms with Crippen LogP contribution in [0, 0.1) is 18.3 Å². The van der Waals surface area contributed by atoms with Crippen molar-refractivity contribution in [2.24, 2.45) is 0 Å². The molecule has 1 rings (SSSR count). The molecule has 0 bridgehead atoms. The highest BCUT2D eigenvalue weighted by Crippen LogP contribution is 2.13. The number of nitrogens with one attached hydrogen (secondary N) is 1. The van der Waals surface area contributed by atoms with Crippen molar-refractivity contribution in [3.8, 4) is 6.07 Å². The minimum atomic E-state index is -3.64. The molecule has 0 spiro atoms. The monoisotopic (exact) mass is 239 g/mol. The van der Waals surface area contributed by atoms with E-state index in [1.807, 2.05) is 6.92 Å². The van der Waals surface area contributed by atoms with Gasteiger partial charge in [-0.3, -0.25) is 9.71 Å². The molecule has 0 fully saturated rings. The summed E-state index contributed by atoms with van der Waals surface area (Å²) in [6, 6.07) is 3.42. The predicted molar refractivity (Wildman–Crippen MR) is 61.2 cm³/mol. The standard InChI is InChI=1S/C10H13N3O2S/c1-3-10(5-11)16(14,15)13-9-4-8(2)6-12-7-9/h4,6-7,10,13H,3H2,1-2H3. The number of anilines is 1. The third-order valence-electron chi connectivity index (χ3n) is 2.02. The van der Waals surface area contributed by atoms with Crippen molar-refractivity contribution in [1.82, 2.24) is 4.98 Å². The lowest BCUT2D eigenvalue weighted by molar-refractivity contribution is 0.593. The number of aromatic nitrogens is 1. The van der Waals surface area contributed by atoms with Gasteiger partial charge in [0.1, 0.15) is 0 Å². The number of aryl methyl sites for hydroxylation is 1. The maximum Gasteiger partial charge on any atom is 0.249 e. The van der Waals surface area contributed by atoms with Crippen LogP contribution in [0.1, 0.15) is 18.9 Å². The second-order valence-electron chi connectivity index (χ2n) is 3.42. The summed E-state index contributed by atoms with van der Waals surface area (Å²) in [6.45, 7) is 3.47. The van der Waals surface area contributed by atoms with Gasteiger partial charge < -0.3 is 0 Å². The molecular weight excluding hydrogens is 226 g/mol. The van der Waals surface area contributed by atoms with Crippen molar-refractivity contribution < 1.29 is 8.42 Å². The fourth-order valence-electron chi connectivity index (χ4n) is 1.23. The Bertz CT molecular complexity index is 505. The van der Waals surface area contributed by atoms with Crippen LogP contribution in [0.5, 0.6) is 0 Å². The number of sulfonamides is 1. The van der Waals surface area contributed by atoms with Crippen LogP contribution in [-0.4, -0.2) is 18.7 Å². The molecule has 5 nitrogen and oxygen atoms in total. The Balaban J connectivity index is 2.94. The maximum atomic E-state index is 11.7. The summed E-state index contributed by atoms with van der Waals surface area (Å²) in [7, 11) is -3.64. The van der Waals surface area contributed by atoms with Crippen LogP contribution in [0.15, 0.2) is 18.5 Å². The van der Waals surface area contributed by atoms with Gasteiger partial charge in [0.2, 0.25) is 10.0 Å². The van der Waals surface area contributed by atoms with Crippen LogP contribution < -0.4 is 4.72 Å². The summed E-state index contributed by atoms with van der Waals surface area (Å²) < 4.78 is 25.8. The molecule has 0 saturated heterocycles. The minimum absolute atomic E-state index is 0.255. The van der Waals surface area contributed by atoms with Crippen LogP contribution in [0.4, 0.5) is 5.69 Å². The number of hydrogen-bond donors (Lipinski definition) is 1. The summed E-state index contributed by atoms with van der Waals surface area (Å²) in [5.41, 5.74) is 1.24. The van der Waals surface area contributed by atoms with Gasteiger partial charge in [-0.25, -0.2) is 8.42 Å². The zero-order valence-corrected chi connectivity index (χ0v) is 9.95. The van der Waals surface area contributed by atoms with E-state index < -0.39 is 15.3 Å². The highest BCUT2D eigenvalue weighted by atomic mass is 32.2. The molecule has 0 aliphatic heterocycles. The van der Waals surface area contributed by atoms with Gasteiger partial charge in [0.15, 0.2) is 5.25 Å². The van der Waals surface area contributed by atoms with Crippen molar-refractivity contribution >= 4 is 15.7 Å². The van der Waals surface area contributed by atoms with E-state index in [1.54, 1.807) is 25.3 Å². The van der Waals surface area contributed by atoms with Gasteiger partial charge in [-0.05, 0) is 25.0 Å². The molecule has 1 atom stereocenters. The van der Waals surface area contributed by atoms with Gasteiger partial charge in [0.05, 0.1) is 18.0 Å². The molecule has 1 heterocycles. The maximum absolute atomic E-state index is 11.7. The van der Waals surface area contributed by atoms with Gasteiger partial charge >= 0.3 is 0 Å². The summed E-state index contributed by atoms with van der Waals surface area (Å²) in [5, 5.41) is 7.68. The SMILES string of the molecule is CCC(C#N)S(=O)(=O)Nc1cncc(C)c1. The fourth-order valence-corrected chi connectivity index (χ4v) is 2.39. The molecule has 0 aliphatic carbocycles. The van der Waals surface area contributed by atoms with E-state index in [-0.39, 0.29) is 6.42 Å². The summed E-state index contributed by atoms with van der Waals surface area (Å²) in [5.74, 6) is 0. The lowest BCUT2D eigenvalue weighted by Crippen LogP contribution is -2.26. The molecular formula is C10H13N3O2S. The highest BCUT2D eigenvalue weighted by Gasteiger charge is 2.23. The number of pyridine rings is 1. The molecule has 86 valence electrons. The Morgan fingerprint density at radius 2 is 2.25 bits per heavy atom.